The molecular weight excluding hydrogens is 183 g/mol. The standard InChI is InChI=1S/C9H20O2.BH2O2/c1-7(2)11-9(5,6)8(3,4)10;2-1-3/h7,10H,1-6H3;2-3H. The Bertz CT molecular complexity index is 140. The molecule has 0 aliphatic carbocycles. The van der Waals surface area contributed by atoms with E-state index in [4.69, 9.17) is 14.8 Å². The molecule has 0 aliphatic heterocycles. The Morgan fingerprint density at radius 1 is 1.07 bits per heavy atom. The third-order valence-corrected chi connectivity index (χ3v) is 2.00. The van der Waals surface area contributed by atoms with Gasteiger partial charge in [-0.25, -0.2) is 0 Å². The third kappa shape index (κ3) is 7.32. The summed E-state index contributed by atoms with van der Waals surface area (Å²) in [5.74, 6) is 0. The van der Waals surface area contributed by atoms with E-state index in [-0.39, 0.29) is 13.8 Å². The quantitative estimate of drug-likeness (QED) is 0.585. The summed E-state index contributed by atoms with van der Waals surface area (Å²) in [5, 5.41) is 23.7. The van der Waals surface area contributed by atoms with Crippen LogP contribution in [0.2, 0.25) is 0 Å². The molecule has 0 saturated carbocycles. The van der Waals surface area contributed by atoms with Crippen molar-refractivity contribution in [3.05, 3.63) is 0 Å². The van der Waals surface area contributed by atoms with E-state index in [1.165, 1.54) is 0 Å². The second-order valence-corrected chi connectivity index (χ2v) is 4.35. The van der Waals surface area contributed by atoms with E-state index in [2.05, 4.69) is 0 Å². The van der Waals surface area contributed by atoms with Crippen LogP contribution in [0, 0.1) is 0 Å². The van der Waals surface area contributed by atoms with E-state index in [0.717, 1.165) is 0 Å². The van der Waals surface area contributed by atoms with Gasteiger partial charge in [-0.15, -0.1) is 0 Å². The highest BCUT2D eigenvalue weighted by molar-refractivity contribution is 6.13. The first-order chi connectivity index (χ1) is 6.08. The van der Waals surface area contributed by atoms with Crippen LogP contribution in [-0.2, 0) is 4.74 Å². The minimum Gasteiger partial charge on any atom is -0.429 e. The molecule has 0 amide bonds. The van der Waals surface area contributed by atoms with Crippen LogP contribution in [-0.4, -0.2) is 40.1 Å². The van der Waals surface area contributed by atoms with Gasteiger partial charge in [-0.1, -0.05) is 0 Å². The Hall–Kier alpha value is -0.0951. The van der Waals surface area contributed by atoms with Crippen LogP contribution in [0.5, 0.6) is 0 Å². The van der Waals surface area contributed by atoms with E-state index in [1.54, 1.807) is 13.8 Å². The predicted octanol–water partition coefficient (Wildman–Crippen LogP) is 0.466. The summed E-state index contributed by atoms with van der Waals surface area (Å²) < 4.78 is 5.55. The largest absolute Gasteiger partial charge is 0.482 e. The smallest absolute Gasteiger partial charge is 0.429 e. The average molecular weight is 205 g/mol. The van der Waals surface area contributed by atoms with E-state index in [9.17, 15) is 5.11 Å². The van der Waals surface area contributed by atoms with Crippen LogP contribution >= 0.6 is 0 Å². The molecule has 0 saturated heterocycles. The highest BCUT2D eigenvalue weighted by atomic mass is 16.5. The van der Waals surface area contributed by atoms with Gasteiger partial charge in [-0.3, -0.25) is 0 Å². The van der Waals surface area contributed by atoms with Gasteiger partial charge in [0.25, 0.3) is 0 Å². The lowest BCUT2D eigenvalue weighted by molar-refractivity contribution is -0.166. The van der Waals surface area contributed by atoms with E-state index >= 15 is 0 Å². The van der Waals surface area contributed by atoms with Crippen molar-refractivity contribution in [3.63, 3.8) is 0 Å². The molecule has 0 fully saturated rings. The van der Waals surface area contributed by atoms with Crippen LogP contribution in [0.15, 0.2) is 0 Å². The maximum absolute atomic E-state index is 9.67. The summed E-state index contributed by atoms with van der Waals surface area (Å²) in [6, 6.07) is 0. The number of rotatable bonds is 3. The minimum atomic E-state index is -0.794. The molecule has 0 aromatic carbocycles. The van der Waals surface area contributed by atoms with Crippen molar-refractivity contribution in [2.24, 2.45) is 0 Å². The van der Waals surface area contributed by atoms with Gasteiger partial charge in [-0.05, 0) is 41.5 Å². The molecule has 0 unspecified atom stereocenters. The van der Waals surface area contributed by atoms with Gasteiger partial charge in [0, 0.05) is 0 Å². The molecule has 3 N–H and O–H groups in total. The van der Waals surface area contributed by atoms with E-state index in [1.807, 2.05) is 27.7 Å². The zero-order chi connectivity index (χ0) is 12.0. The van der Waals surface area contributed by atoms with Crippen LogP contribution in [0.25, 0.3) is 0 Å². The first-order valence-electron chi connectivity index (χ1n) is 4.58. The maximum atomic E-state index is 9.67. The fraction of sp³-hybridized carbons (Fsp3) is 1.00. The predicted molar refractivity (Wildman–Crippen MR) is 56.8 cm³/mol. The van der Waals surface area contributed by atoms with Gasteiger partial charge in [0.15, 0.2) is 0 Å². The van der Waals surface area contributed by atoms with Gasteiger partial charge in [0.1, 0.15) is 0 Å². The molecule has 1 radical (unpaired) electrons. The Balaban J connectivity index is 0. The fourth-order valence-electron chi connectivity index (χ4n) is 0.733. The number of aliphatic hydroxyl groups is 1. The topological polar surface area (TPSA) is 69.9 Å². The molecule has 85 valence electrons. The molecule has 14 heavy (non-hydrogen) atoms. The highest BCUT2D eigenvalue weighted by Gasteiger charge is 2.36. The molecule has 4 nitrogen and oxygen atoms in total. The van der Waals surface area contributed by atoms with Gasteiger partial charge >= 0.3 is 7.69 Å². The molecule has 0 aromatic heterocycles. The number of hydrogen-bond donors (Lipinski definition) is 3. The minimum absolute atomic E-state index is 0. The van der Waals surface area contributed by atoms with Crippen molar-refractivity contribution in [3.8, 4) is 0 Å². The maximum Gasteiger partial charge on any atom is 0.482 e. The van der Waals surface area contributed by atoms with Gasteiger partial charge in [0.2, 0.25) is 0 Å². The van der Waals surface area contributed by atoms with Crippen LogP contribution in [0.4, 0.5) is 0 Å². The Kier molecular flexibility index (Phi) is 7.47. The van der Waals surface area contributed by atoms with Crippen LogP contribution < -0.4 is 0 Å². The number of ether oxygens (including phenoxy) is 1. The van der Waals surface area contributed by atoms with Gasteiger partial charge in [-0.2, -0.15) is 0 Å². The third-order valence-electron chi connectivity index (χ3n) is 2.00. The second-order valence-electron chi connectivity index (χ2n) is 4.35. The Morgan fingerprint density at radius 2 is 1.36 bits per heavy atom. The molecular formula is C9H22BO4. The fourth-order valence-corrected chi connectivity index (χ4v) is 0.733. The lowest BCUT2D eigenvalue weighted by atomic mass is 9.89. The Labute approximate surface area is 87.2 Å². The van der Waals surface area contributed by atoms with Gasteiger partial charge < -0.3 is 19.9 Å². The molecule has 0 aliphatic rings. The second kappa shape index (κ2) is 6.40. The molecule has 0 atom stereocenters. The monoisotopic (exact) mass is 205 g/mol. The summed E-state index contributed by atoms with van der Waals surface area (Å²) in [6.45, 7) is 11.2. The average Bonchev–Trinajstić information content (AvgIpc) is 1.82. The van der Waals surface area contributed by atoms with Crippen molar-refractivity contribution in [2.45, 2.75) is 58.8 Å². The van der Waals surface area contributed by atoms with Crippen molar-refractivity contribution in [1.82, 2.24) is 0 Å². The summed E-state index contributed by atoms with van der Waals surface area (Å²) in [4.78, 5) is 0. The summed E-state index contributed by atoms with van der Waals surface area (Å²) in [6.07, 6.45) is 0.149. The zero-order valence-electron chi connectivity index (χ0n) is 9.90. The van der Waals surface area contributed by atoms with E-state index in [0.29, 0.717) is 0 Å². The van der Waals surface area contributed by atoms with Crippen molar-refractivity contribution >= 4 is 7.69 Å². The van der Waals surface area contributed by atoms with Crippen molar-refractivity contribution in [1.29, 1.82) is 0 Å². The van der Waals surface area contributed by atoms with Crippen LogP contribution in [0.1, 0.15) is 41.5 Å². The molecule has 0 rings (SSSR count). The zero-order valence-corrected chi connectivity index (χ0v) is 9.90. The first kappa shape index (κ1) is 16.3. The molecule has 0 bridgehead atoms. The first-order valence-corrected chi connectivity index (χ1v) is 4.58. The molecule has 0 heterocycles. The number of hydrogen-bond acceptors (Lipinski definition) is 4. The van der Waals surface area contributed by atoms with Crippen LogP contribution in [0.3, 0.4) is 0 Å². The highest BCUT2D eigenvalue weighted by Crippen LogP contribution is 2.26. The van der Waals surface area contributed by atoms with E-state index < -0.39 is 11.2 Å². The summed E-state index contributed by atoms with van der Waals surface area (Å²) >= 11 is 0. The summed E-state index contributed by atoms with van der Waals surface area (Å²) in [7, 11) is 0. The molecule has 0 spiro atoms. The molecule has 0 aromatic rings. The van der Waals surface area contributed by atoms with Gasteiger partial charge in [0.05, 0.1) is 17.3 Å². The summed E-state index contributed by atoms with van der Waals surface area (Å²) in [5.41, 5.74) is -1.28. The SMILES string of the molecule is CC(C)OC(C)(C)C(C)(C)O.O[B]O. The molecule has 5 heteroatoms. The normalized spacial score (nSPS) is 12.1. The Morgan fingerprint density at radius 3 is 1.43 bits per heavy atom. The van der Waals surface area contributed by atoms with Crippen molar-refractivity contribution in [2.75, 3.05) is 0 Å². The lowest BCUT2D eigenvalue weighted by Gasteiger charge is -2.38. The lowest BCUT2D eigenvalue weighted by Crippen LogP contribution is -2.48. The van der Waals surface area contributed by atoms with Crippen molar-refractivity contribution < 1.29 is 19.9 Å².